The van der Waals surface area contributed by atoms with Crippen molar-refractivity contribution >= 4 is 46.5 Å². The van der Waals surface area contributed by atoms with Crippen molar-refractivity contribution in [2.24, 2.45) is 17.3 Å². The number of nitrogens with two attached hydrogens (primary N) is 1. The molecule has 16 nitrogen and oxygen atoms in total. The summed E-state index contributed by atoms with van der Waals surface area (Å²) in [5.41, 5.74) is 9.90. The Kier molecular flexibility index (Phi) is 14.9. The SMILES string of the molecule is Cc1ncsc1-c1ccc(CNC(=O)[C@@H]2C[C@@H](O)CN2C(=O)[C@@H](NC(=O)[C@H]2CC[C@@H](Cc3cnc(N4C(C)CN(c5cc(-c6ccccc6O)nnc5N)CC4C)nc3)CC2)C(C)(C)C)c(C(F)(F)F)c1. The van der Waals surface area contributed by atoms with Gasteiger partial charge in [-0.3, -0.25) is 14.4 Å². The van der Waals surface area contributed by atoms with Crippen LogP contribution in [0, 0.1) is 24.2 Å². The number of likely N-dealkylation sites (tertiary alicyclic amines) is 1. The van der Waals surface area contributed by atoms with Gasteiger partial charge < -0.3 is 41.3 Å². The molecule has 2 unspecified atom stereocenters. The first-order valence-electron chi connectivity index (χ1n) is 24.1. The smallest absolute Gasteiger partial charge is 0.416 e. The minimum absolute atomic E-state index is 0.0285. The predicted octanol–water partition coefficient (Wildman–Crippen LogP) is 6.93. The Balaban J connectivity index is 0.840. The van der Waals surface area contributed by atoms with Gasteiger partial charge in [0.05, 0.1) is 39.1 Å². The van der Waals surface area contributed by atoms with Gasteiger partial charge in [0.25, 0.3) is 0 Å². The number of carbonyl (C=O) groups excluding carboxylic acids is 3. The van der Waals surface area contributed by atoms with Gasteiger partial charge in [0.15, 0.2) is 5.82 Å². The molecule has 3 aliphatic rings. The fourth-order valence-electron chi connectivity index (χ4n) is 10.3. The number of thiazole rings is 1. The molecule has 5 aromatic rings. The molecule has 8 rings (SSSR count). The van der Waals surface area contributed by atoms with Crippen LogP contribution >= 0.6 is 11.3 Å². The van der Waals surface area contributed by atoms with E-state index in [1.807, 2.05) is 45.3 Å². The third-order valence-electron chi connectivity index (χ3n) is 14.0. The number of hydrogen-bond acceptors (Lipinski definition) is 14. The number of amides is 3. The summed E-state index contributed by atoms with van der Waals surface area (Å²) in [4.78, 5) is 61.9. The molecular formula is C51H62F3N11O5S. The zero-order valence-corrected chi connectivity index (χ0v) is 41.6. The fourth-order valence-corrected chi connectivity index (χ4v) is 11.1. The number of aromatic nitrogens is 5. The number of β-amino-alcohol motifs (C(OH)–C–C–N with tert-alkyl or cyclic N) is 1. The standard InChI is InChI=1S/C51H62F3N11O5S/c1-28-24-63(40-20-39(61-62-45(40)55)37-9-7-8-10-42(37)67)25-29(2)65(28)49-57-21-32(22-58-49)17-31-11-13-33(14-12-31)46(68)60-44(50(4,5)6)48(70)64-26-36(66)19-41(64)47(69)56-23-35-16-15-34(18-38(35)51(52,53)54)43-30(3)59-27-71-43/h7-10,15-16,18,20-22,27-29,31,33,36,41,44,66-67H,11-14,17,19,23-26H2,1-6H3,(H2,55,62)(H,56,69)(H,60,68)/t28?,29?,31-,33+,36-,41+,44-/m1/s1. The number of aliphatic hydroxyl groups excluding tert-OH is 1. The number of halogens is 3. The number of para-hydroxylation sites is 1. The van der Waals surface area contributed by atoms with Crippen molar-refractivity contribution in [3.63, 3.8) is 0 Å². The Bertz CT molecular complexity index is 2710. The largest absolute Gasteiger partial charge is 0.507 e. The molecule has 0 bridgehead atoms. The zero-order chi connectivity index (χ0) is 50.9. The van der Waals surface area contributed by atoms with Gasteiger partial charge in [0.1, 0.15) is 17.8 Å². The van der Waals surface area contributed by atoms with Crippen molar-refractivity contribution in [1.82, 2.24) is 40.7 Å². The number of alkyl halides is 3. The number of rotatable bonds is 12. The Morgan fingerprint density at radius 1 is 0.915 bits per heavy atom. The lowest BCUT2D eigenvalue weighted by molar-refractivity contribution is -0.144. The van der Waals surface area contributed by atoms with Gasteiger partial charge in [-0.15, -0.1) is 21.5 Å². The Hall–Kier alpha value is -6.41. The highest BCUT2D eigenvalue weighted by molar-refractivity contribution is 7.13. The summed E-state index contributed by atoms with van der Waals surface area (Å²) in [5, 5.41) is 35.1. The van der Waals surface area contributed by atoms with Crippen molar-refractivity contribution in [3.8, 4) is 27.4 Å². The molecule has 6 N–H and O–H groups in total. The van der Waals surface area contributed by atoms with Gasteiger partial charge in [-0.05, 0) is 105 Å². The fraction of sp³-hybridized carbons (Fsp3) is 0.490. The second-order valence-electron chi connectivity index (χ2n) is 20.4. The van der Waals surface area contributed by atoms with E-state index in [0.29, 0.717) is 71.0 Å². The number of aromatic hydroxyl groups is 1. The zero-order valence-electron chi connectivity index (χ0n) is 40.8. The van der Waals surface area contributed by atoms with Crippen LogP contribution in [0.5, 0.6) is 5.75 Å². The molecule has 5 atom stereocenters. The summed E-state index contributed by atoms with van der Waals surface area (Å²) in [6.45, 7) is 12.0. The molecular weight excluding hydrogens is 936 g/mol. The lowest BCUT2D eigenvalue weighted by Crippen LogP contribution is -2.58. The number of hydrogen-bond donors (Lipinski definition) is 5. The van der Waals surface area contributed by atoms with E-state index in [1.54, 1.807) is 36.7 Å². The first-order chi connectivity index (χ1) is 33.7. The second kappa shape index (κ2) is 20.7. The van der Waals surface area contributed by atoms with E-state index in [4.69, 9.17) is 15.7 Å². The number of nitrogen functional groups attached to an aromatic ring is 1. The van der Waals surface area contributed by atoms with E-state index in [-0.39, 0.29) is 48.2 Å². The molecule has 378 valence electrons. The molecule has 0 spiro atoms. The number of anilines is 3. The van der Waals surface area contributed by atoms with E-state index in [2.05, 4.69) is 49.5 Å². The first-order valence-corrected chi connectivity index (χ1v) is 25.0. The maximum atomic E-state index is 14.3. The monoisotopic (exact) mass is 997 g/mol. The van der Waals surface area contributed by atoms with E-state index >= 15 is 0 Å². The molecule has 3 amide bonds. The third kappa shape index (κ3) is 11.4. The quantitative estimate of drug-likeness (QED) is 0.0858. The highest BCUT2D eigenvalue weighted by Gasteiger charge is 2.45. The van der Waals surface area contributed by atoms with E-state index in [1.165, 1.54) is 22.3 Å². The van der Waals surface area contributed by atoms with Gasteiger partial charge in [-0.1, -0.05) is 45.0 Å². The van der Waals surface area contributed by atoms with Crippen LogP contribution in [-0.2, 0) is 33.5 Å². The topological polar surface area (TPSA) is 216 Å². The maximum absolute atomic E-state index is 14.3. The number of benzene rings is 2. The van der Waals surface area contributed by atoms with Crippen molar-refractivity contribution in [2.45, 2.75) is 123 Å². The molecule has 3 fully saturated rings. The van der Waals surface area contributed by atoms with Crippen LogP contribution < -0.4 is 26.2 Å². The van der Waals surface area contributed by atoms with Gasteiger partial charge in [0.2, 0.25) is 23.7 Å². The van der Waals surface area contributed by atoms with Crippen LogP contribution in [0.1, 0.15) is 89.1 Å². The van der Waals surface area contributed by atoms with Crippen LogP contribution in [-0.4, -0.2) is 108 Å². The number of carbonyl (C=O) groups is 3. The van der Waals surface area contributed by atoms with Crippen LogP contribution in [0.15, 0.2) is 66.4 Å². The number of aryl methyl sites for hydroxylation is 1. The number of nitrogens with zero attached hydrogens (tertiary/aromatic N) is 8. The number of aliphatic hydroxyl groups is 1. The molecule has 20 heteroatoms. The minimum Gasteiger partial charge on any atom is -0.507 e. The predicted molar refractivity (Wildman–Crippen MR) is 265 cm³/mol. The van der Waals surface area contributed by atoms with E-state index < -0.39 is 53.7 Å². The highest BCUT2D eigenvalue weighted by atomic mass is 32.1. The van der Waals surface area contributed by atoms with E-state index in [9.17, 15) is 37.8 Å². The average molecular weight is 998 g/mol. The number of phenols is 1. The second-order valence-corrected chi connectivity index (χ2v) is 21.3. The van der Waals surface area contributed by atoms with E-state index in [0.717, 1.165) is 36.6 Å². The van der Waals surface area contributed by atoms with Crippen LogP contribution in [0.3, 0.4) is 0 Å². The van der Waals surface area contributed by atoms with Gasteiger partial charge in [-0.25, -0.2) is 15.0 Å². The Labute approximate surface area is 415 Å². The van der Waals surface area contributed by atoms with Crippen LogP contribution in [0.2, 0.25) is 0 Å². The summed E-state index contributed by atoms with van der Waals surface area (Å²) in [6.07, 6.45) is 1.46. The Morgan fingerprint density at radius 2 is 1.61 bits per heavy atom. The van der Waals surface area contributed by atoms with Crippen LogP contribution in [0.4, 0.5) is 30.6 Å². The molecule has 1 aliphatic carbocycles. The summed E-state index contributed by atoms with van der Waals surface area (Å²) in [5.74, 6) is -0.481. The van der Waals surface area contributed by atoms with Gasteiger partial charge in [0, 0.05) is 68.6 Å². The number of phenolic OH excluding ortho intramolecular Hbond substituents is 1. The maximum Gasteiger partial charge on any atom is 0.416 e. The Morgan fingerprint density at radius 3 is 2.24 bits per heavy atom. The highest BCUT2D eigenvalue weighted by Crippen LogP contribution is 2.38. The van der Waals surface area contributed by atoms with Crippen molar-refractivity contribution in [3.05, 3.63) is 88.8 Å². The molecule has 1 saturated carbocycles. The summed E-state index contributed by atoms with van der Waals surface area (Å²) < 4.78 is 42.9. The number of piperazine rings is 1. The molecule has 0 radical (unpaired) electrons. The van der Waals surface area contributed by atoms with Crippen molar-refractivity contribution in [1.29, 1.82) is 0 Å². The van der Waals surface area contributed by atoms with Gasteiger partial charge >= 0.3 is 6.18 Å². The first kappa shape index (κ1) is 51.0. The van der Waals surface area contributed by atoms with Crippen LogP contribution in [0.25, 0.3) is 21.7 Å². The molecule has 3 aromatic heterocycles. The molecule has 71 heavy (non-hydrogen) atoms. The molecule has 2 aliphatic heterocycles. The lowest BCUT2D eigenvalue weighted by Gasteiger charge is -2.45. The lowest BCUT2D eigenvalue weighted by atomic mass is 9.78. The molecule has 2 aromatic carbocycles. The number of nitrogens with one attached hydrogen (secondary N) is 2. The normalized spacial score (nSPS) is 22.3. The summed E-state index contributed by atoms with van der Waals surface area (Å²) in [6, 6.07) is 10.7. The average Bonchev–Trinajstić information content (AvgIpc) is 3.95. The molecule has 5 heterocycles. The van der Waals surface area contributed by atoms with Crippen molar-refractivity contribution < 1.29 is 37.8 Å². The van der Waals surface area contributed by atoms with Crippen molar-refractivity contribution in [2.75, 3.05) is 35.2 Å². The summed E-state index contributed by atoms with van der Waals surface area (Å²) >= 11 is 1.24. The minimum atomic E-state index is -4.70. The van der Waals surface area contributed by atoms with Gasteiger partial charge in [-0.2, -0.15) is 13.2 Å². The summed E-state index contributed by atoms with van der Waals surface area (Å²) in [7, 11) is 0. The third-order valence-corrected chi connectivity index (χ3v) is 15.0. The molecule has 2 saturated heterocycles.